The van der Waals surface area contributed by atoms with Gasteiger partial charge in [0.25, 0.3) is 0 Å². The van der Waals surface area contributed by atoms with Crippen LogP contribution >= 0.6 is 11.6 Å². The number of nitrogens with one attached hydrogen (secondary N) is 1. The molecule has 1 aromatic carbocycles. The smallest absolute Gasteiger partial charge is 0.139 e. The second-order valence-electron chi connectivity index (χ2n) is 4.34. The van der Waals surface area contributed by atoms with E-state index < -0.39 is 6.10 Å². The number of methoxy groups -OCH3 is 1. The Morgan fingerprint density at radius 2 is 2.21 bits per heavy atom. The molecule has 0 aliphatic carbocycles. The van der Waals surface area contributed by atoms with E-state index in [1.165, 1.54) is 0 Å². The lowest BCUT2D eigenvalue weighted by molar-refractivity contribution is 0.0615. The fraction of sp³-hybridized carbons (Fsp3) is 0.357. The minimum Gasteiger partial charge on any atom is -0.391 e. The van der Waals surface area contributed by atoms with Crippen LogP contribution in [0.1, 0.15) is 6.42 Å². The van der Waals surface area contributed by atoms with Gasteiger partial charge in [0.1, 0.15) is 11.0 Å². The summed E-state index contributed by atoms with van der Waals surface area (Å²) >= 11 is 6.13. The van der Waals surface area contributed by atoms with Gasteiger partial charge in [-0.3, -0.25) is 0 Å². The van der Waals surface area contributed by atoms with E-state index in [0.717, 1.165) is 10.8 Å². The average Bonchev–Trinajstić information content (AvgIpc) is 2.39. The van der Waals surface area contributed by atoms with Crippen molar-refractivity contribution in [3.63, 3.8) is 0 Å². The highest BCUT2D eigenvalue weighted by Crippen LogP contribution is 2.24. The van der Waals surface area contributed by atoms with Gasteiger partial charge in [-0.15, -0.1) is 0 Å². The first-order valence-corrected chi connectivity index (χ1v) is 6.54. The molecule has 0 amide bonds. The van der Waals surface area contributed by atoms with E-state index in [-0.39, 0.29) is 0 Å². The molecule has 0 radical (unpaired) electrons. The van der Waals surface area contributed by atoms with E-state index in [9.17, 15) is 5.11 Å². The summed E-state index contributed by atoms with van der Waals surface area (Å²) < 4.78 is 4.87. The Bertz CT molecular complexity index is 548. The molecule has 5 heteroatoms. The van der Waals surface area contributed by atoms with Crippen molar-refractivity contribution in [3.05, 3.63) is 35.5 Å². The predicted molar refractivity (Wildman–Crippen MR) is 77.7 cm³/mol. The average molecular weight is 281 g/mol. The number of pyridine rings is 1. The van der Waals surface area contributed by atoms with Crippen LogP contribution in [-0.2, 0) is 4.74 Å². The maximum Gasteiger partial charge on any atom is 0.139 e. The Kier molecular flexibility index (Phi) is 4.96. The summed E-state index contributed by atoms with van der Waals surface area (Å²) in [6.07, 6.45) is 0.133. The lowest BCUT2D eigenvalue weighted by Gasteiger charge is -2.11. The third-order valence-electron chi connectivity index (χ3n) is 2.84. The van der Waals surface area contributed by atoms with Crippen molar-refractivity contribution >= 4 is 28.2 Å². The molecule has 19 heavy (non-hydrogen) atoms. The zero-order chi connectivity index (χ0) is 13.7. The predicted octanol–water partition coefficient (Wildman–Crippen LogP) is 2.70. The van der Waals surface area contributed by atoms with Gasteiger partial charge in [0.2, 0.25) is 0 Å². The highest BCUT2D eigenvalue weighted by Gasteiger charge is 2.05. The molecule has 1 heterocycles. The molecule has 102 valence electrons. The van der Waals surface area contributed by atoms with Crippen molar-refractivity contribution in [3.8, 4) is 0 Å². The van der Waals surface area contributed by atoms with Crippen molar-refractivity contribution in [1.82, 2.24) is 4.98 Å². The van der Waals surface area contributed by atoms with Gasteiger partial charge >= 0.3 is 0 Å². The number of aliphatic hydroxyl groups excluding tert-OH is 1. The second kappa shape index (κ2) is 6.70. The number of nitrogens with zero attached hydrogens (tertiary/aromatic N) is 1. The number of aromatic nitrogens is 1. The van der Waals surface area contributed by atoms with E-state index in [0.29, 0.717) is 30.5 Å². The molecule has 0 aliphatic heterocycles. The maximum absolute atomic E-state index is 9.54. The Balaban J connectivity index is 2.01. The SMILES string of the molecule is COCC(O)CCNc1cc2ccccc2c(Cl)n1. The number of aliphatic hydroxyl groups is 1. The van der Waals surface area contributed by atoms with Gasteiger partial charge in [0.05, 0.1) is 12.7 Å². The largest absolute Gasteiger partial charge is 0.391 e. The maximum atomic E-state index is 9.54. The van der Waals surface area contributed by atoms with E-state index in [2.05, 4.69) is 10.3 Å². The number of rotatable bonds is 6. The summed E-state index contributed by atoms with van der Waals surface area (Å²) in [6, 6.07) is 9.78. The van der Waals surface area contributed by atoms with Crippen molar-refractivity contribution in [2.75, 3.05) is 25.6 Å². The zero-order valence-corrected chi connectivity index (χ0v) is 11.5. The Morgan fingerprint density at radius 3 is 3.00 bits per heavy atom. The summed E-state index contributed by atoms with van der Waals surface area (Å²) in [5, 5.41) is 15.2. The Labute approximate surface area is 117 Å². The molecular formula is C14H17ClN2O2. The minimum atomic E-state index is -0.464. The molecule has 0 aliphatic rings. The van der Waals surface area contributed by atoms with Crippen LogP contribution in [0.15, 0.2) is 30.3 Å². The van der Waals surface area contributed by atoms with Crippen LogP contribution < -0.4 is 5.32 Å². The molecule has 1 atom stereocenters. The summed E-state index contributed by atoms with van der Waals surface area (Å²) in [5.41, 5.74) is 0. The molecule has 0 bridgehead atoms. The molecule has 1 unspecified atom stereocenters. The Hall–Kier alpha value is -1.36. The first-order chi connectivity index (χ1) is 9.20. The topological polar surface area (TPSA) is 54.4 Å². The molecule has 4 nitrogen and oxygen atoms in total. The number of fused-ring (bicyclic) bond motifs is 1. The summed E-state index contributed by atoms with van der Waals surface area (Å²) in [6.45, 7) is 0.958. The summed E-state index contributed by atoms with van der Waals surface area (Å²) in [4.78, 5) is 4.29. The van der Waals surface area contributed by atoms with E-state index in [1.54, 1.807) is 7.11 Å². The summed E-state index contributed by atoms with van der Waals surface area (Å²) in [7, 11) is 1.57. The van der Waals surface area contributed by atoms with Crippen molar-refractivity contribution in [1.29, 1.82) is 0 Å². The molecule has 2 N–H and O–H groups in total. The standard InChI is InChI=1S/C14H17ClN2O2/c1-19-9-11(18)6-7-16-13-8-10-4-2-3-5-12(10)14(15)17-13/h2-5,8,11,18H,6-7,9H2,1H3,(H,16,17). The van der Waals surface area contributed by atoms with Crippen molar-refractivity contribution < 1.29 is 9.84 Å². The van der Waals surface area contributed by atoms with E-state index >= 15 is 0 Å². The summed E-state index contributed by atoms with van der Waals surface area (Å²) in [5.74, 6) is 0.716. The third kappa shape index (κ3) is 3.80. The van der Waals surface area contributed by atoms with Crippen LogP contribution in [0.25, 0.3) is 10.8 Å². The normalized spacial score (nSPS) is 12.6. The quantitative estimate of drug-likeness (QED) is 0.799. The minimum absolute atomic E-state index is 0.341. The van der Waals surface area contributed by atoms with Gasteiger partial charge in [0, 0.05) is 19.0 Å². The van der Waals surface area contributed by atoms with Gasteiger partial charge in [-0.1, -0.05) is 35.9 Å². The zero-order valence-electron chi connectivity index (χ0n) is 10.8. The highest BCUT2D eigenvalue weighted by atomic mass is 35.5. The number of anilines is 1. The molecule has 0 fully saturated rings. The van der Waals surface area contributed by atoms with Gasteiger partial charge in [0.15, 0.2) is 0 Å². The third-order valence-corrected chi connectivity index (χ3v) is 3.12. The van der Waals surface area contributed by atoms with Gasteiger partial charge in [-0.25, -0.2) is 4.98 Å². The molecular weight excluding hydrogens is 264 g/mol. The van der Waals surface area contributed by atoms with Crippen LogP contribution in [0.4, 0.5) is 5.82 Å². The van der Waals surface area contributed by atoms with Crippen LogP contribution in [0, 0.1) is 0 Å². The molecule has 0 spiro atoms. The van der Waals surface area contributed by atoms with Gasteiger partial charge in [-0.2, -0.15) is 0 Å². The second-order valence-corrected chi connectivity index (χ2v) is 4.70. The molecule has 0 saturated heterocycles. The molecule has 2 aromatic rings. The fourth-order valence-corrected chi connectivity index (χ4v) is 2.15. The number of halogens is 1. The van der Waals surface area contributed by atoms with Crippen LogP contribution in [0.5, 0.6) is 0 Å². The first kappa shape index (κ1) is 14.1. The number of ether oxygens (including phenoxy) is 1. The van der Waals surface area contributed by atoms with Crippen LogP contribution in [-0.4, -0.2) is 36.5 Å². The first-order valence-electron chi connectivity index (χ1n) is 6.17. The molecule has 0 saturated carbocycles. The van der Waals surface area contributed by atoms with E-state index in [1.807, 2.05) is 30.3 Å². The number of hydrogen-bond acceptors (Lipinski definition) is 4. The van der Waals surface area contributed by atoms with Crippen molar-refractivity contribution in [2.24, 2.45) is 0 Å². The number of hydrogen-bond donors (Lipinski definition) is 2. The van der Waals surface area contributed by atoms with Crippen LogP contribution in [0.2, 0.25) is 5.15 Å². The monoisotopic (exact) mass is 280 g/mol. The lowest BCUT2D eigenvalue weighted by Crippen LogP contribution is -2.18. The highest BCUT2D eigenvalue weighted by molar-refractivity contribution is 6.34. The lowest BCUT2D eigenvalue weighted by atomic mass is 10.2. The van der Waals surface area contributed by atoms with Crippen molar-refractivity contribution in [2.45, 2.75) is 12.5 Å². The molecule has 1 aromatic heterocycles. The van der Waals surface area contributed by atoms with E-state index in [4.69, 9.17) is 16.3 Å². The Morgan fingerprint density at radius 1 is 1.42 bits per heavy atom. The van der Waals surface area contributed by atoms with Gasteiger partial charge in [-0.05, 0) is 17.9 Å². The number of benzene rings is 1. The fourth-order valence-electron chi connectivity index (χ4n) is 1.89. The molecule has 2 rings (SSSR count). The van der Waals surface area contributed by atoms with Gasteiger partial charge < -0.3 is 15.2 Å². The van der Waals surface area contributed by atoms with Crippen LogP contribution in [0.3, 0.4) is 0 Å².